The lowest BCUT2D eigenvalue weighted by Gasteiger charge is -2.12. The summed E-state index contributed by atoms with van der Waals surface area (Å²) in [5, 5.41) is 17.7. The molecule has 0 aliphatic rings. The predicted molar refractivity (Wildman–Crippen MR) is 126 cm³/mol. The summed E-state index contributed by atoms with van der Waals surface area (Å²) < 4.78 is 15.5. The summed E-state index contributed by atoms with van der Waals surface area (Å²) in [5.74, 6) is 0.900. The number of anilines is 3. The Morgan fingerprint density at radius 3 is 2.38 bits per heavy atom. The maximum atomic E-state index is 11.8. The summed E-state index contributed by atoms with van der Waals surface area (Å²) in [6.07, 6.45) is 1.81. The zero-order chi connectivity index (χ0) is 24.5. The SMILES string of the molecule is CCOC(=O)c1ccc(Nc2ncnc(NCCc3ccc(OC)c(OC)c3)c2[N+](=O)[O-])cc1. The summed E-state index contributed by atoms with van der Waals surface area (Å²) in [4.78, 5) is 31.1. The van der Waals surface area contributed by atoms with Gasteiger partial charge < -0.3 is 24.8 Å². The molecule has 11 nitrogen and oxygen atoms in total. The topological polar surface area (TPSA) is 138 Å². The molecule has 3 rings (SSSR count). The Morgan fingerprint density at radius 1 is 1.03 bits per heavy atom. The summed E-state index contributed by atoms with van der Waals surface area (Å²) in [6, 6.07) is 11.9. The van der Waals surface area contributed by atoms with Crippen LogP contribution in [-0.2, 0) is 11.2 Å². The minimum atomic E-state index is -0.548. The van der Waals surface area contributed by atoms with Gasteiger partial charge in [0.25, 0.3) is 0 Å². The van der Waals surface area contributed by atoms with Crippen LogP contribution in [0.25, 0.3) is 0 Å². The van der Waals surface area contributed by atoms with E-state index >= 15 is 0 Å². The first-order chi connectivity index (χ1) is 16.5. The summed E-state index contributed by atoms with van der Waals surface area (Å²) in [5.41, 5.74) is 1.57. The highest BCUT2D eigenvalue weighted by Gasteiger charge is 2.23. The molecule has 1 aromatic heterocycles. The van der Waals surface area contributed by atoms with Crippen LogP contribution in [0.3, 0.4) is 0 Å². The monoisotopic (exact) mass is 467 g/mol. The van der Waals surface area contributed by atoms with E-state index in [0.717, 1.165) is 5.56 Å². The van der Waals surface area contributed by atoms with Crippen molar-refractivity contribution in [3.05, 3.63) is 70.0 Å². The molecule has 0 aliphatic carbocycles. The van der Waals surface area contributed by atoms with Crippen LogP contribution in [0.5, 0.6) is 11.5 Å². The second-order valence-electron chi connectivity index (χ2n) is 6.97. The van der Waals surface area contributed by atoms with Gasteiger partial charge in [0.1, 0.15) is 6.33 Å². The van der Waals surface area contributed by atoms with Gasteiger partial charge in [-0.05, 0) is 55.3 Å². The molecule has 0 saturated carbocycles. The van der Waals surface area contributed by atoms with Crippen molar-refractivity contribution >= 4 is 29.0 Å². The summed E-state index contributed by atoms with van der Waals surface area (Å²) in [6.45, 7) is 2.39. The lowest BCUT2D eigenvalue weighted by molar-refractivity contribution is -0.383. The van der Waals surface area contributed by atoms with Crippen molar-refractivity contribution in [3.8, 4) is 11.5 Å². The number of hydrogen-bond acceptors (Lipinski definition) is 10. The molecule has 0 unspecified atom stereocenters. The van der Waals surface area contributed by atoms with E-state index in [1.807, 2.05) is 12.1 Å². The molecule has 0 atom stereocenters. The number of nitro groups is 1. The van der Waals surface area contributed by atoms with E-state index in [1.54, 1.807) is 51.5 Å². The standard InChI is InChI=1S/C23H25N5O6/c1-4-34-23(29)16-6-8-17(9-7-16)27-22-20(28(30)31)21(25-14-26-22)24-12-11-15-5-10-18(32-2)19(13-15)33-3/h5-10,13-14H,4,11-12H2,1-3H3,(H2,24,25,26,27). The van der Waals surface area contributed by atoms with E-state index in [-0.39, 0.29) is 23.9 Å². The number of esters is 1. The highest BCUT2D eigenvalue weighted by molar-refractivity contribution is 5.90. The third-order valence-electron chi connectivity index (χ3n) is 4.82. The molecular weight excluding hydrogens is 442 g/mol. The largest absolute Gasteiger partial charge is 0.493 e. The van der Waals surface area contributed by atoms with Crippen LogP contribution in [0, 0.1) is 10.1 Å². The predicted octanol–water partition coefficient (Wildman–Crippen LogP) is 3.98. The van der Waals surface area contributed by atoms with Crippen LogP contribution in [0.1, 0.15) is 22.8 Å². The van der Waals surface area contributed by atoms with Gasteiger partial charge in [0.05, 0.1) is 31.3 Å². The highest BCUT2D eigenvalue weighted by Crippen LogP contribution is 2.31. The van der Waals surface area contributed by atoms with Crippen molar-refractivity contribution in [2.24, 2.45) is 0 Å². The number of nitrogens with zero attached hydrogens (tertiary/aromatic N) is 3. The van der Waals surface area contributed by atoms with Gasteiger partial charge >= 0.3 is 11.7 Å². The number of ether oxygens (including phenoxy) is 3. The van der Waals surface area contributed by atoms with Gasteiger partial charge in [0.15, 0.2) is 11.5 Å². The van der Waals surface area contributed by atoms with Gasteiger partial charge in [-0.2, -0.15) is 0 Å². The Balaban J connectivity index is 1.72. The van der Waals surface area contributed by atoms with Crippen molar-refractivity contribution < 1.29 is 23.9 Å². The molecule has 0 radical (unpaired) electrons. The number of nitrogens with one attached hydrogen (secondary N) is 2. The number of hydrogen-bond donors (Lipinski definition) is 2. The van der Waals surface area contributed by atoms with E-state index in [4.69, 9.17) is 14.2 Å². The van der Waals surface area contributed by atoms with E-state index in [0.29, 0.717) is 35.7 Å². The van der Waals surface area contributed by atoms with Gasteiger partial charge in [0, 0.05) is 12.2 Å². The average molecular weight is 467 g/mol. The Morgan fingerprint density at radius 2 is 1.74 bits per heavy atom. The fourth-order valence-corrected chi connectivity index (χ4v) is 3.17. The van der Waals surface area contributed by atoms with Crippen molar-refractivity contribution in [2.45, 2.75) is 13.3 Å². The first-order valence-electron chi connectivity index (χ1n) is 10.4. The smallest absolute Gasteiger partial charge is 0.353 e. The van der Waals surface area contributed by atoms with Crippen molar-refractivity contribution in [3.63, 3.8) is 0 Å². The normalized spacial score (nSPS) is 10.3. The maximum absolute atomic E-state index is 11.8. The molecule has 11 heteroatoms. The molecule has 0 saturated heterocycles. The minimum Gasteiger partial charge on any atom is -0.493 e. The van der Waals surface area contributed by atoms with Crippen LogP contribution in [0.2, 0.25) is 0 Å². The van der Waals surface area contributed by atoms with Crippen LogP contribution < -0.4 is 20.1 Å². The molecule has 0 amide bonds. The summed E-state index contributed by atoms with van der Waals surface area (Å²) >= 11 is 0. The first-order valence-corrected chi connectivity index (χ1v) is 10.4. The molecule has 0 fully saturated rings. The Hall–Kier alpha value is -4.41. The van der Waals surface area contributed by atoms with E-state index in [1.165, 1.54) is 6.33 Å². The Bertz CT molecular complexity index is 1150. The minimum absolute atomic E-state index is 0.0255. The fourth-order valence-electron chi connectivity index (χ4n) is 3.17. The zero-order valence-electron chi connectivity index (χ0n) is 19.0. The van der Waals surface area contributed by atoms with Crippen molar-refractivity contribution in [2.75, 3.05) is 38.0 Å². The number of benzene rings is 2. The van der Waals surface area contributed by atoms with Crippen LogP contribution in [0.4, 0.5) is 23.0 Å². The fraction of sp³-hybridized carbons (Fsp3) is 0.261. The molecule has 2 aromatic carbocycles. The molecule has 2 N–H and O–H groups in total. The van der Waals surface area contributed by atoms with E-state index in [9.17, 15) is 14.9 Å². The van der Waals surface area contributed by atoms with E-state index < -0.39 is 10.9 Å². The number of aromatic nitrogens is 2. The van der Waals surface area contributed by atoms with Gasteiger partial charge in [-0.25, -0.2) is 14.8 Å². The number of methoxy groups -OCH3 is 2. The number of rotatable bonds is 11. The molecule has 34 heavy (non-hydrogen) atoms. The molecule has 0 aliphatic heterocycles. The van der Waals surface area contributed by atoms with Crippen molar-refractivity contribution in [1.29, 1.82) is 0 Å². The zero-order valence-corrected chi connectivity index (χ0v) is 19.0. The van der Waals surface area contributed by atoms with Gasteiger partial charge in [-0.15, -0.1) is 0 Å². The van der Waals surface area contributed by atoms with E-state index in [2.05, 4.69) is 20.6 Å². The van der Waals surface area contributed by atoms with Gasteiger partial charge in [0.2, 0.25) is 11.6 Å². The maximum Gasteiger partial charge on any atom is 0.353 e. The third-order valence-corrected chi connectivity index (χ3v) is 4.82. The van der Waals surface area contributed by atoms with Crippen LogP contribution in [-0.4, -0.2) is 48.2 Å². The molecule has 178 valence electrons. The molecule has 0 bridgehead atoms. The molecular formula is C23H25N5O6. The average Bonchev–Trinajstić information content (AvgIpc) is 2.84. The Labute approximate surface area is 196 Å². The third kappa shape index (κ3) is 5.88. The molecule has 3 aromatic rings. The second-order valence-corrected chi connectivity index (χ2v) is 6.97. The lowest BCUT2D eigenvalue weighted by Crippen LogP contribution is -2.11. The number of carbonyl (C=O) groups excluding carboxylic acids is 1. The van der Waals surface area contributed by atoms with Crippen LogP contribution >= 0.6 is 0 Å². The summed E-state index contributed by atoms with van der Waals surface area (Å²) in [7, 11) is 3.12. The van der Waals surface area contributed by atoms with Crippen LogP contribution in [0.15, 0.2) is 48.8 Å². The second kappa shape index (κ2) is 11.5. The molecule has 0 spiro atoms. The quantitative estimate of drug-likeness (QED) is 0.242. The highest BCUT2D eigenvalue weighted by atomic mass is 16.6. The van der Waals surface area contributed by atoms with Gasteiger partial charge in [-0.3, -0.25) is 10.1 Å². The first kappa shape index (κ1) is 24.2. The number of carbonyl (C=O) groups is 1. The lowest BCUT2D eigenvalue weighted by atomic mass is 10.1. The Kier molecular flexibility index (Phi) is 8.16. The molecule has 1 heterocycles. The van der Waals surface area contributed by atoms with Gasteiger partial charge in [-0.1, -0.05) is 6.07 Å². The van der Waals surface area contributed by atoms with Crippen molar-refractivity contribution in [1.82, 2.24) is 9.97 Å².